The Morgan fingerprint density at radius 1 is 1.00 bits per heavy atom. The van der Waals surface area contributed by atoms with Gasteiger partial charge in [-0.25, -0.2) is 4.79 Å². The lowest BCUT2D eigenvalue weighted by Gasteiger charge is -2.09. The van der Waals surface area contributed by atoms with Gasteiger partial charge in [0.1, 0.15) is 0 Å². The number of nitrogens with one attached hydrogen (secondary N) is 4. The van der Waals surface area contributed by atoms with Gasteiger partial charge < -0.3 is 21.3 Å². The Balaban J connectivity index is 1.51. The fourth-order valence-corrected chi connectivity index (χ4v) is 2.47. The normalized spacial score (nSPS) is 12.4. The topological polar surface area (TPSA) is 99.3 Å². The number of hydrogen-bond acceptors (Lipinski definition) is 3. The summed E-state index contributed by atoms with van der Waals surface area (Å²) >= 11 is 0. The summed E-state index contributed by atoms with van der Waals surface area (Å²) < 4.78 is 0. The lowest BCUT2D eigenvalue weighted by atomic mass is 10.2. The van der Waals surface area contributed by atoms with Gasteiger partial charge in [-0.2, -0.15) is 0 Å². The van der Waals surface area contributed by atoms with Crippen LogP contribution in [0.3, 0.4) is 0 Å². The van der Waals surface area contributed by atoms with Crippen molar-refractivity contribution >= 4 is 29.2 Å². The molecule has 0 spiro atoms. The van der Waals surface area contributed by atoms with E-state index in [2.05, 4.69) is 27.2 Å². The van der Waals surface area contributed by atoms with E-state index in [0.29, 0.717) is 22.5 Å². The molecule has 0 bridgehead atoms. The van der Waals surface area contributed by atoms with Gasteiger partial charge in [0, 0.05) is 28.5 Å². The van der Waals surface area contributed by atoms with Crippen molar-refractivity contribution in [2.75, 3.05) is 17.2 Å². The van der Waals surface area contributed by atoms with Crippen LogP contribution in [-0.4, -0.2) is 30.4 Å². The molecular formula is C21H20N4O3. The maximum absolute atomic E-state index is 12.3. The number of carbonyl (C=O) groups is 3. The smallest absolute Gasteiger partial charge is 0.319 e. The SMILES string of the molecule is C#Cc1cccc(NC(=O)CNC(=O)c2cccc(NC(=O)NC3CC3)c2)c1. The Morgan fingerprint density at radius 3 is 2.43 bits per heavy atom. The Hall–Kier alpha value is -3.79. The van der Waals surface area contributed by atoms with Crippen LogP contribution in [-0.2, 0) is 4.79 Å². The molecule has 1 saturated carbocycles. The van der Waals surface area contributed by atoms with Crippen molar-refractivity contribution in [3.63, 3.8) is 0 Å². The molecule has 2 aromatic rings. The molecule has 0 aliphatic heterocycles. The van der Waals surface area contributed by atoms with Gasteiger partial charge in [-0.15, -0.1) is 6.42 Å². The van der Waals surface area contributed by atoms with E-state index in [9.17, 15) is 14.4 Å². The van der Waals surface area contributed by atoms with E-state index in [1.54, 1.807) is 48.5 Å². The number of hydrogen-bond donors (Lipinski definition) is 4. The van der Waals surface area contributed by atoms with E-state index < -0.39 is 5.91 Å². The van der Waals surface area contributed by atoms with Crippen molar-refractivity contribution in [3.8, 4) is 12.3 Å². The summed E-state index contributed by atoms with van der Waals surface area (Å²) in [5, 5.41) is 10.7. The minimum atomic E-state index is -0.418. The van der Waals surface area contributed by atoms with E-state index in [4.69, 9.17) is 6.42 Å². The molecule has 0 aromatic heterocycles. The zero-order valence-corrected chi connectivity index (χ0v) is 15.1. The zero-order valence-electron chi connectivity index (χ0n) is 15.1. The van der Waals surface area contributed by atoms with E-state index in [1.165, 1.54) is 0 Å². The summed E-state index contributed by atoms with van der Waals surface area (Å²) in [6.45, 7) is -0.195. The summed E-state index contributed by atoms with van der Waals surface area (Å²) in [6.07, 6.45) is 7.31. The Kier molecular flexibility index (Phi) is 5.92. The van der Waals surface area contributed by atoms with Crippen LogP contribution in [0.15, 0.2) is 48.5 Å². The average molecular weight is 376 g/mol. The van der Waals surface area contributed by atoms with Crippen molar-refractivity contribution in [1.82, 2.24) is 10.6 Å². The highest BCUT2D eigenvalue weighted by Crippen LogP contribution is 2.19. The van der Waals surface area contributed by atoms with Gasteiger partial charge in [0.25, 0.3) is 5.91 Å². The summed E-state index contributed by atoms with van der Waals surface area (Å²) in [4.78, 5) is 36.1. The first-order chi connectivity index (χ1) is 13.5. The molecule has 4 amide bonds. The number of terminal acetylenes is 1. The second-order valence-electron chi connectivity index (χ2n) is 6.41. The Labute approximate surface area is 162 Å². The van der Waals surface area contributed by atoms with Crippen LogP contribution in [0.2, 0.25) is 0 Å². The van der Waals surface area contributed by atoms with Gasteiger partial charge in [-0.05, 0) is 49.2 Å². The highest BCUT2D eigenvalue weighted by molar-refractivity contribution is 6.00. The summed E-state index contributed by atoms with van der Waals surface area (Å²) in [5.74, 6) is 1.70. The first-order valence-electron chi connectivity index (χ1n) is 8.86. The number of carbonyl (C=O) groups excluding carboxylic acids is 3. The second kappa shape index (κ2) is 8.73. The lowest BCUT2D eigenvalue weighted by Crippen LogP contribution is -2.33. The van der Waals surface area contributed by atoms with E-state index in [1.807, 2.05) is 0 Å². The third-order valence-electron chi connectivity index (χ3n) is 4.02. The van der Waals surface area contributed by atoms with E-state index >= 15 is 0 Å². The average Bonchev–Trinajstić information content (AvgIpc) is 3.50. The van der Waals surface area contributed by atoms with Crippen LogP contribution in [0.1, 0.15) is 28.8 Å². The molecule has 4 N–H and O–H groups in total. The molecule has 2 aromatic carbocycles. The molecule has 7 heteroatoms. The predicted octanol–water partition coefficient (Wildman–Crippen LogP) is 2.32. The molecule has 0 heterocycles. The Bertz CT molecular complexity index is 945. The van der Waals surface area contributed by atoms with Crippen LogP contribution in [0.25, 0.3) is 0 Å². The third-order valence-corrected chi connectivity index (χ3v) is 4.02. The highest BCUT2D eigenvalue weighted by Gasteiger charge is 2.23. The van der Waals surface area contributed by atoms with Crippen molar-refractivity contribution in [1.29, 1.82) is 0 Å². The molecule has 0 unspecified atom stereocenters. The van der Waals surface area contributed by atoms with Crippen LogP contribution in [0, 0.1) is 12.3 Å². The molecule has 1 aliphatic carbocycles. The zero-order chi connectivity index (χ0) is 19.9. The number of amides is 4. The number of benzene rings is 2. The first kappa shape index (κ1) is 19.0. The Morgan fingerprint density at radius 2 is 1.71 bits per heavy atom. The van der Waals surface area contributed by atoms with Gasteiger partial charge >= 0.3 is 6.03 Å². The van der Waals surface area contributed by atoms with Crippen LogP contribution >= 0.6 is 0 Å². The van der Waals surface area contributed by atoms with Crippen LogP contribution in [0.5, 0.6) is 0 Å². The highest BCUT2D eigenvalue weighted by atomic mass is 16.2. The molecule has 7 nitrogen and oxygen atoms in total. The third kappa shape index (κ3) is 5.61. The first-order valence-corrected chi connectivity index (χ1v) is 8.86. The summed E-state index contributed by atoms with van der Waals surface area (Å²) in [5.41, 5.74) is 2.05. The number of rotatable bonds is 6. The van der Waals surface area contributed by atoms with Crippen LogP contribution in [0.4, 0.5) is 16.2 Å². The molecule has 0 radical (unpaired) electrons. The van der Waals surface area contributed by atoms with Crippen LogP contribution < -0.4 is 21.3 Å². The van der Waals surface area contributed by atoms with Gasteiger partial charge in [0.15, 0.2) is 0 Å². The maximum atomic E-state index is 12.3. The monoisotopic (exact) mass is 376 g/mol. The fraction of sp³-hybridized carbons (Fsp3) is 0.190. The minimum absolute atomic E-state index is 0.195. The van der Waals surface area contributed by atoms with Gasteiger partial charge in [-0.3, -0.25) is 9.59 Å². The van der Waals surface area contributed by atoms with Gasteiger partial charge in [-0.1, -0.05) is 18.1 Å². The van der Waals surface area contributed by atoms with E-state index in [-0.39, 0.29) is 24.5 Å². The second-order valence-corrected chi connectivity index (χ2v) is 6.41. The molecule has 0 saturated heterocycles. The number of urea groups is 1. The minimum Gasteiger partial charge on any atom is -0.343 e. The quantitative estimate of drug-likeness (QED) is 0.582. The summed E-state index contributed by atoms with van der Waals surface area (Å²) in [6, 6.07) is 13.3. The van der Waals surface area contributed by atoms with Crippen molar-refractivity contribution in [2.24, 2.45) is 0 Å². The largest absolute Gasteiger partial charge is 0.343 e. The molecular weight excluding hydrogens is 356 g/mol. The standard InChI is InChI=1S/C21H20N4O3/c1-2-14-5-3-7-17(11-14)23-19(26)13-22-20(27)15-6-4-8-18(12-15)25-21(28)24-16-9-10-16/h1,3-8,11-12,16H,9-10,13H2,(H,22,27)(H,23,26)(H2,24,25,28). The van der Waals surface area contributed by atoms with Crippen molar-refractivity contribution in [2.45, 2.75) is 18.9 Å². The molecule has 1 fully saturated rings. The summed E-state index contributed by atoms with van der Waals surface area (Å²) in [7, 11) is 0. The van der Waals surface area contributed by atoms with Crippen molar-refractivity contribution in [3.05, 3.63) is 59.7 Å². The molecule has 3 rings (SSSR count). The number of anilines is 2. The van der Waals surface area contributed by atoms with E-state index in [0.717, 1.165) is 12.8 Å². The van der Waals surface area contributed by atoms with Gasteiger partial charge in [0.2, 0.25) is 5.91 Å². The van der Waals surface area contributed by atoms with Gasteiger partial charge in [0.05, 0.1) is 6.54 Å². The molecule has 28 heavy (non-hydrogen) atoms. The fourth-order valence-electron chi connectivity index (χ4n) is 2.47. The molecule has 0 atom stereocenters. The molecule has 1 aliphatic rings. The predicted molar refractivity (Wildman–Crippen MR) is 107 cm³/mol. The van der Waals surface area contributed by atoms with Crippen molar-refractivity contribution < 1.29 is 14.4 Å². The molecule has 142 valence electrons. The lowest BCUT2D eigenvalue weighted by molar-refractivity contribution is -0.115. The maximum Gasteiger partial charge on any atom is 0.319 e.